The van der Waals surface area contributed by atoms with Gasteiger partial charge in [-0.1, -0.05) is 112 Å². The fourth-order valence-electron chi connectivity index (χ4n) is 10.7. The van der Waals surface area contributed by atoms with Gasteiger partial charge in [-0.3, -0.25) is 33.0 Å². The highest BCUT2D eigenvalue weighted by atomic mass is 32.2. The normalized spacial score (nSPS) is 13.9. The van der Waals surface area contributed by atoms with Gasteiger partial charge in [-0.25, -0.2) is 36.5 Å². The Balaban J connectivity index is 0.000000220. The van der Waals surface area contributed by atoms with Gasteiger partial charge in [-0.15, -0.1) is 11.8 Å². The maximum absolute atomic E-state index is 13.5. The molecule has 0 saturated carbocycles. The number of methoxy groups -OCH3 is 3. The fourth-order valence-corrected chi connectivity index (χ4v) is 15.2. The van der Waals surface area contributed by atoms with Crippen molar-refractivity contribution in [2.24, 2.45) is 17.8 Å². The first-order valence-electron chi connectivity index (χ1n) is 32.7. The number of sulfone groups is 1. The van der Waals surface area contributed by atoms with E-state index in [0.29, 0.717) is 16.0 Å². The van der Waals surface area contributed by atoms with E-state index in [1.54, 1.807) is 87.5 Å². The molecule has 27 heteroatoms. The van der Waals surface area contributed by atoms with Gasteiger partial charge in [-0.05, 0) is 110 Å². The summed E-state index contributed by atoms with van der Waals surface area (Å²) in [6.07, 6.45) is 0.705. The molecular weight excluding hydrogens is 1420 g/mol. The van der Waals surface area contributed by atoms with Crippen LogP contribution in [0.4, 0.5) is 13.2 Å². The summed E-state index contributed by atoms with van der Waals surface area (Å²) in [6.45, 7) is 9.43. The number of aromatic hydroxyl groups is 3. The largest absolute Gasteiger partial charge is 0.503 e. The van der Waals surface area contributed by atoms with Gasteiger partial charge in [0, 0.05) is 65.8 Å². The number of carbonyl (C=O) groups excluding carboxylic acids is 6. The number of nitrogens with zero attached hydrogens (tertiary/aromatic N) is 3. The second-order valence-corrected chi connectivity index (χ2v) is 28.8. The van der Waals surface area contributed by atoms with E-state index in [0.717, 1.165) is 34.7 Å². The Hall–Kier alpha value is -10.8. The molecule has 21 nitrogen and oxygen atoms in total. The minimum absolute atomic E-state index is 0.0638. The molecule has 105 heavy (non-hydrogen) atoms. The first-order valence-corrected chi connectivity index (χ1v) is 36.3. The number of hydrogen-bond acceptors (Lipinski definition) is 22. The van der Waals surface area contributed by atoms with Crippen molar-refractivity contribution in [3.05, 3.63) is 252 Å². The number of esters is 3. The van der Waals surface area contributed by atoms with Gasteiger partial charge in [0.1, 0.15) is 46.3 Å². The predicted octanol–water partition coefficient (Wildman–Crippen LogP) is 14.5. The van der Waals surface area contributed by atoms with Crippen molar-refractivity contribution in [3.8, 4) is 34.5 Å². The van der Waals surface area contributed by atoms with E-state index in [2.05, 4.69) is 15.0 Å². The number of thioether (sulfide) groups is 1. The lowest BCUT2D eigenvalue weighted by Crippen LogP contribution is -2.31. The molecule has 0 aliphatic rings. The van der Waals surface area contributed by atoms with Gasteiger partial charge in [0.05, 0.1) is 60.0 Å². The molecule has 3 N–H and O–H groups in total. The highest BCUT2D eigenvalue weighted by Gasteiger charge is 2.38. The summed E-state index contributed by atoms with van der Waals surface area (Å²) in [6, 6.07) is 46.8. The van der Waals surface area contributed by atoms with Crippen molar-refractivity contribution in [1.82, 2.24) is 15.0 Å². The summed E-state index contributed by atoms with van der Waals surface area (Å²) >= 11 is 1.46. The van der Waals surface area contributed by atoms with Gasteiger partial charge in [0.15, 0.2) is 78.8 Å². The summed E-state index contributed by atoms with van der Waals surface area (Å²) in [4.78, 5) is 89.2. The number of rotatable bonds is 30. The van der Waals surface area contributed by atoms with E-state index in [4.69, 9.17) is 28.4 Å². The lowest BCUT2D eigenvalue weighted by Gasteiger charge is -2.26. The van der Waals surface area contributed by atoms with Gasteiger partial charge in [0.2, 0.25) is 0 Å². The molecule has 0 radical (unpaired) electrons. The molecule has 0 amide bonds. The van der Waals surface area contributed by atoms with Crippen LogP contribution in [0.1, 0.15) is 125 Å². The fraction of sp³-hybridized carbons (Fsp3) is 0.269. The number of pyridine rings is 3. The molecule has 1 unspecified atom stereocenters. The number of ether oxygens (including phenoxy) is 6. The number of halogens is 3. The third-order valence-corrected chi connectivity index (χ3v) is 21.8. The average molecular weight is 1500 g/mol. The minimum Gasteiger partial charge on any atom is -0.503 e. The maximum atomic E-state index is 13.5. The van der Waals surface area contributed by atoms with Crippen LogP contribution >= 0.6 is 11.8 Å². The highest BCUT2D eigenvalue weighted by molar-refractivity contribution is 7.99. The summed E-state index contributed by atoms with van der Waals surface area (Å²) < 4.78 is 112. The summed E-state index contributed by atoms with van der Waals surface area (Å²) in [5.74, 6) is -8.47. The Kier molecular flexibility index (Phi) is 30.0. The molecule has 6 aromatic carbocycles. The first kappa shape index (κ1) is 81.5. The Labute approximate surface area is 612 Å². The second kappa shape index (κ2) is 38.7. The van der Waals surface area contributed by atoms with E-state index < -0.39 is 126 Å². The lowest BCUT2D eigenvalue weighted by atomic mass is 10.0. The predicted molar refractivity (Wildman–Crippen MR) is 385 cm³/mol. The number of ketones is 3. The van der Waals surface area contributed by atoms with Gasteiger partial charge in [0.25, 0.3) is 0 Å². The van der Waals surface area contributed by atoms with Crippen molar-refractivity contribution in [3.63, 3.8) is 0 Å². The van der Waals surface area contributed by atoms with Crippen LogP contribution in [0.15, 0.2) is 215 Å². The Morgan fingerprint density at radius 1 is 0.438 bits per heavy atom. The zero-order chi connectivity index (χ0) is 76.7. The number of Topliss-reactive ketones (excluding diaryl/α,β-unsaturated/α-hetero) is 3. The van der Waals surface area contributed by atoms with Crippen molar-refractivity contribution in [2.45, 2.75) is 110 Å². The maximum Gasteiger partial charge on any atom is 0.309 e. The molecule has 3 heterocycles. The quantitative estimate of drug-likeness (QED) is 0.0124. The van der Waals surface area contributed by atoms with Crippen LogP contribution in [0.3, 0.4) is 0 Å². The average Bonchev–Trinajstić information content (AvgIpc) is 0.780. The van der Waals surface area contributed by atoms with E-state index in [1.165, 1.54) is 127 Å². The molecule has 0 spiro atoms. The standard InChI is InChI=1S/C26H26FNO7S.C26H26FNO6S.C26H26FNO5S/c1-16(15-21(29)23-24(30)22(34-3)13-14-28-23)26(31)35-17(2)25(18-7-5-4-6-8-18)36(32,33)20-11-9-19(27)10-12-20;1-16(15-21(29)23-24(30)22(33-3)13-14-28-23)26(31)34-17(2)25(18-7-5-4-6-8-18)35(32)20-11-9-19(27)10-12-20;1-16(15-21(29)23-24(30)22(32-3)13-14-28-23)26(31)33-17(2)25(18-7-5-4-6-8-18)34-20-11-9-19(27)10-12-20/h4-14,16-17,25,30H,15H2,1-3H3;4-14,16-17,25,30H,15H2,1-3H3;4-14,16-17,25,30H,15H2,1-3H3/t16-,17+,25+;16-,17+,25+,35?;16-,17+,25+/m111/s1. The number of benzene rings is 6. The molecular formula is C78H78F3N3O18S3. The zero-order valence-corrected chi connectivity index (χ0v) is 61.0. The lowest BCUT2D eigenvalue weighted by molar-refractivity contribution is -0.153. The van der Waals surface area contributed by atoms with Crippen LogP contribution in [-0.4, -0.2) is 118 Å². The van der Waals surface area contributed by atoms with Gasteiger partial charge >= 0.3 is 17.9 Å². The van der Waals surface area contributed by atoms with Crippen molar-refractivity contribution in [1.29, 1.82) is 0 Å². The molecule has 0 aliphatic heterocycles. The molecule has 0 fully saturated rings. The van der Waals surface area contributed by atoms with E-state index in [-0.39, 0.29) is 75.3 Å². The Bertz CT molecular complexity index is 4570. The van der Waals surface area contributed by atoms with Crippen LogP contribution in [0, 0.1) is 35.2 Å². The Morgan fingerprint density at radius 3 is 1.15 bits per heavy atom. The molecule has 9 aromatic rings. The molecule has 3 aromatic heterocycles. The SMILES string of the molecule is COc1ccnc(C(=O)C[C@@H](C)C(=O)O[C@@H](C)[C@@H](c2ccccc2)S(=O)(=O)c2ccc(F)cc2)c1O.COc1ccnc(C(=O)C[C@@H](C)C(=O)O[C@@H](C)[C@@H](c2ccccc2)S(=O)c2ccc(F)cc2)c1O.COc1ccnc(C(=O)C[C@@H](C)C(=O)O[C@@H](C)[C@H](Sc2ccc(F)cc2)c2ccccc2)c1O. The van der Waals surface area contributed by atoms with E-state index in [9.17, 15) is 69.9 Å². The van der Waals surface area contributed by atoms with Crippen LogP contribution in [0.2, 0.25) is 0 Å². The molecule has 10 atom stereocenters. The van der Waals surface area contributed by atoms with Crippen molar-refractivity contribution in [2.75, 3.05) is 21.3 Å². The van der Waals surface area contributed by atoms with Crippen molar-refractivity contribution >= 4 is 67.7 Å². The number of aromatic nitrogens is 3. The number of hydrogen-bond donors (Lipinski definition) is 3. The molecule has 552 valence electrons. The Morgan fingerprint density at radius 2 is 0.771 bits per heavy atom. The summed E-state index contributed by atoms with van der Waals surface area (Å²) in [5.41, 5.74) is 1.42. The molecule has 0 aliphatic carbocycles. The minimum atomic E-state index is -4.09. The van der Waals surface area contributed by atoms with Crippen LogP contribution in [-0.2, 0) is 49.2 Å². The summed E-state index contributed by atoms with van der Waals surface area (Å²) in [7, 11) is -1.69. The summed E-state index contributed by atoms with van der Waals surface area (Å²) in [5, 5.41) is 28.2. The zero-order valence-electron chi connectivity index (χ0n) is 58.5. The van der Waals surface area contributed by atoms with E-state index >= 15 is 0 Å². The molecule has 0 bridgehead atoms. The third-order valence-electron chi connectivity index (χ3n) is 16.2. The van der Waals surface area contributed by atoms with Crippen LogP contribution in [0.5, 0.6) is 34.5 Å². The first-order chi connectivity index (χ1) is 50.1. The topological polar surface area (TPSA) is 308 Å². The van der Waals surface area contributed by atoms with Gasteiger partial charge in [-0.2, -0.15) is 0 Å². The smallest absolute Gasteiger partial charge is 0.309 e. The van der Waals surface area contributed by atoms with Crippen molar-refractivity contribution < 1.29 is 98.3 Å². The molecule has 9 rings (SSSR count). The van der Waals surface area contributed by atoms with Crippen LogP contribution in [0.25, 0.3) is 0 Å². The third kappa shape index (κ3) is 22.1. The van der Waals surface area contributed by atoms with E-state index in [1.807, 2.05) is 36.4 Å². The molecule has 0 saturated heterocycles. The second-order valence-electron chi connectivity index (χ2n) is 24.0. The van der Waals surface area contributed by atoms with Crippen LogP contribution < -0.4 is 14.2 Å². The number of carbonyl (C=O) groups is 6. The highest BCUT2D eigenvalue weighted by Crippen LogP contribution is 2.41. The monoisotopic (exact) mass is 1500 g/mol. The van der Waals surface area contributed by atoms with Gasteiger partial charge < -0.3 is 43.7 Å².